The minimum absolute atomic E-state index is 0.115. The highest BCUT2D eigenvalue weighted by atomic mass is 35.6. The SMILES string of the molecule is CC[C@H]1OC(OC(=N)C(Cl)(Cl)Cl)[C@H](C)[C@@H](C)[C@@H]1C. The van der Waals surface area contributed by atoms with Crippen molar-refractivity contribution in [3.05, 3.63) is 0 Å². The Kier molecular flexibility index (Phi) is 5.60. The highest BCUT2D eigenvalue weighted by Gasteiger charge is 2.41. The highest BCUT2D eigenvalue weighted by molar-refractivity contribution is 6.76. The van der Waals surface area contributed by atoms with Crippen molar-refractivity contribution in [3.8, 4) is 0 Å². The lowest BCUT2D eigenvalue weighted by Gasteiger charge is -2.43. The van der Waals surface area contributed by atoms with E-state index in [2.05, 4.69) is 20.8 Å². The monoisotopic (exact) mass is 315 g/mol. The van der Waals surface area contributed by atoms with Gasteiger partial charge in [-0.25, -0.2) is 0 Å². The topological polar surface area (TPSA) is 42.3 Å². The highest BCUT2D eigenvalue weighted by Crippen LogP contribution is 2.38. The summed E-state index contributed by atoms with van der Waals surface area (Å²) in [6.45, 7) is 8.44. The average Bonchev–Trinajstić information content (AvgIpc) is 2.28. The summed E-state index contributed by atoms with van der Waals surface area (Å²) in [5.74, 6) is 0.639. The van der Waals surface area contributed by atoms with Crippen molar-refractivity contribution >= 4 is 40.7 Å². The molecule has 18 heavy (non-hydrogen) atoms. The lowest BCUT2D eigenvalue weighted by molar-refractivity contribution is -0.218. The second-order valence-electron chi connectivity index (χ2n) is 4.97. The van der Waals surface area contributed by atoms with Gasteiger partial charge in [0.25, 0.3) is 3.79 Å². The minimum atomic E-state index is -1.84. The molecule has 6 heteroatoms. The van der Waals surface area contributed by atoms with Crippen molar-refractivity contribution in [2.45, 2.75) is 50.3 Å². The number of nitrogens with one attached hydrogen (secondary N) is 1. The smallest absolute Gasteiger partial charge is 0.265 e. The molecule has 0 amide bonds. The third-order valence-corrected chi connectivity index (χ3v) is 4.39. The molecule has 1 aliphatic heterocycles. The van der Waals surface area contributed by atoms with Crippen LogP contribution in [0.15, 0.2) is 0 Å². The van der Waals surface area contributed by atoms with Gasteiger partial charge in [0.15, 0.2) is 0 Å². The normalized spacial score (nSPS) is 37.4. The summed E-state index contributed by atoms with van der Waals surface area (Å²) in [4.78, 5) is 0. The van der Waals surface area contributed by atoms with E-state index in [0.717, 1.165) is 6.42 Å². The number of hydrogen-bond acceptors (Lipinski definition) is 3. The van der Waals surface area contributed by atoms with E-state index in [-0.39, 0.29) is 17.9 Å². The van der Waals surface area contributed by atoms with Gasteiger partial charge in [0, 0.05) is 5.92 Å². The summed E-state index contributed by atoms with van der Waals surface area (Å²) in [6, 6.07) is 0. The van der Waals surface area contributed by atoms with Crippen LogP contribution in [0.2, 0.25) is 0 Å². The van der Waals surface area contributed by atoms with Crippen molar-refractivity contribution in [1.29, 1.82) is 5.41 Å². The maximum Gasteiger partial charge on any atom is 0.265 e. The zero-order valence-electron chi connectivity index (χ0n) is 11.0. The Labute approximate surface area is 124 Å². The first-order chi connectivity index (χ1) is 8.18. The molecule has 0 aliphatic carbocycles. The molecule has 1 aliphatic rings. The molecule has 1 fully saturated rings. The van der Waals surface area contributed by atoms with Gasteiger partial charge in [-0.2, -0.15) is 0 Å². The molecule has 5 atom stereocenters. The van der Waals surface area contributed by atoms with E-state index in [9.17, 15) is 0 Å². The lowest BCUT2D eigenvalue weighted by Crippen LogP contribution is -2.47. The Balaban J connectivity index is 2.74. The quantitative estimate of drug-likeness (QED) is 0.466. The molecule has 106 valence electrons. The first-order valence-corrected chi connectivity index (χ1v) is 7.29. The number of halogens is 3. The fraction of sp³-hybridized carbons (Fsp3) is 0.917. The van der Waals surface area contributed by atoms with Gasteiger partial charge in [0.1, 0.15) is 0 Å². The van der Waals surface area contributed by atoms with Crippen molar-refractivity contribution in [1.82, 2.24) is 0 Å². The van der Waals surface area contributed by atoms with Gasteiger partial charge >= 0.3 is 0 Å². The number of hydrogen-bond donors (Lipinski definition) is 1. The number of rotatable bonds is 2. The van der Waals surface area contributed by atoms with Crippen LogP contribution in [0.4, 0.5) is 0 Å². The predicted octanol–water partition coefficient (Wildman–Crippen LogP) is 4.39. The summed E-state index contributed by atoms with van der Waals surface area (Å²) in [5, 5.41) is 7.61. The maximum absolute atomic E-state index is 7.61. The summed E-state index contributed by atoms with van der Waals surface area (Å²) < 4.78 is 9.41. The van der Waals surface area contributed by atoms with E-state index >= 15 is 0 Å². The molecule has 1 saturated heterocycles. The molecule has 0 aromatic rings. The molecule has 1 heterocycles. The fourth-order valence-corrected chi connectivity index (χ4v) is 2.41. The van der Waals surface area contributed by atoms with E-state index in [4.69, 9.17) is 49.7 Å². The molecule has 0 aromatic carbocycles. The van der Waals surface area contributed by atoms with Crippen LogP contribution in [0.1, 0.15) is 34.1 Å². The van der Waals surface area contributed by atoms with Crippen LogP contribution in [-0.4, -0.2) is 22.1 Å². The fourth-order valence-electron chi connectivity index (χ4n) is 2.27. The Morgan fingerprint density at radius 3 is 2.17 bits per heavy atom. The predicted molar refractivity (Wildman–Crippen MR) is 75.5 cm³/mol. The van der Waals surface area contributed by atoms with Crippen molar-refractivity contribution < 1.29 is 9.47 Å². The molecule has 0 radical (unpaired) electrons. The Morgan fingerprint density at radius 2 is 1.72 bits per heavy atom. The van der Waals surface area contributed by atoms with Crippen molar-refractivity contribution in [2.75, 3.05) is 0 Å². The van der Waals surface area contributed by atoms with E-state index in [0.29, 0.717) is 11.8 Å². The van der Waals surface area contributed by atoms with Gasteiger partial charge in [0.05, 0.1) is 6.10 Å². The largest absolute Gasteiger partial charge is 0.448 e. The van der Waals surface area contributed by atoms with Crippen molar-refractivity contribution in [2.24, 2.45) is 17.8 Å². The summed E-state index contributed by atoms with van der Waals surface area (Å²) >= 11 is 16.8. The Morgan fingerprint density at radius 1 is 1.17 bits per heavy atom. The maximum atomic E-state index is 7.61. The van der Waals surface area contributed by atoms with E-state index < -0.39 is 10.1 Å². The van der Waals surface area contributed by atoms with Crippen molar-refractivity contribution in [3.63, 3.8) is 0 Å². The number of ether oxygens (including phenoxy) is 2. The van der Waals surface area contributed by atoms with E-state index in [1.165, 1.54) is 0 Å². The standard InChI is InChI=1S/C12H20Cl3NO2/c1-5-9-7(3)6(2)8(4)10(17-9)18-11(16)12(13,14)15/h6-10,16H,5H2,1-4H3/t6-,7-,8+,9+,10?/m0/s1. The van der Waals surface area contributed by atoms with Gasteiger partial charge in [-0.15, -0.1) is 0 Å². The molecule has 1 unspecified atom stereocenters. The van der Waals surface area contributed by atoms with Crippen LogP contribution in [0, 0.1) is 23.2 Å². The second kappa shape index (κ2) is 6.17. The zero-order valence-corrected chi connectivity index (χ0v) is 13.3. The third kappa shape index (κ3) is 3.66. The van der Waals surface area contributed by atoms with Crippen LogP contribution in [-0.2, 0) is 9.47 Å². The minimum Gasteiger partial charge on any atom is -0.448 e. The van der Waals surface area contributed by atoms with Crippen LogP contribution < -0.4 is 0 Å². The summed E-state index contributed by atoms with van der Waals surface area (Å²) in [7, 11) is 0. The zero-order chi connectivity index (χ0) is 14.1. The molecule has 0 bridgehead atoms. The molecule has 1 rings (SSSR count). The third-order valence-electron chi connectivity index (χ3n) is 3.88. The van der Waals surface area contributed by atoms with E-state index in [1.807, 2.05) is 6.92 Å². The molecule has 3 nitrogen and oxygen atoms in total. The van der Waals surface area contributed by atoms with E-state index in [1.54, 1.807) is 0 Å². The average molecular weight is 317 g/mol. The Hall–Kier alpha value is 0.300. The van der Waals surface area contributed by atoms with Gasteiger partial charge < -0.3 is 9.47 Å². The Bertz CT molecular complexity index is 304. The number of alkyl halides is 3. The van der Waals surface area contributed by atoms with Gasteiger partial charge in [-0.05, 0) is 18.3 Å². The van der Waals surface area contributed by atoms with Gasteiger partial charge in [-0.3, -0.25) is 5.41 Å². The molecule has 1 N–H and O–H groups in total. The van der Waals surface area contributed by atoms with Gasteiger partial charge in [-0.1, -0.05) is 62.5 Å². The van der Waals surface area contributed by atoms with Gasteiger partial charge in [0.2, 0.25) is 12.2 Å². The lowest BCUT2D eigenvalue weighted by atomic mass is 9.78. The van der Waals surface area contributed by atoms with Crippen LogP contribution in [0.3, 0.4) is 0 Å². The molecular weight excluding hydrogens is 296 g/mol. The summed E-state index contributed by atoms with van der Waals surface area (Å²) in [5.41, 5.74) is 0. The van der Waals surface area contributed by atoms with Crippen LogP contribution >= 0.6 is 34.8 Å². The first-order valence-electron chi connectivity index (χ1n) is 6.16. The summed E-state index contributed by atoms with van der Waals surface area (Å²) in [6.07, 6.45) is 0.493. The van der Waals surface area contributed by atoms with Crippen LogP contribution in [0.25, 0.3) is 0 Å². The second-order valence-corrected chi connectivity index (χ2v) is 7.25. The first kappa shape index (κ1) is 16.4. The van der Waals surface area contributed by atoms with Crippen LogP contribution in [0.5, 0.6) is 0 Å². The molecule has 0 spiro atoms. The molecule has 0 saturated carbocycles. The molecular formula is C12H20Cl3NO2. The molecule has 0 aromatic heterocycles.